The Morgan fingerprint density at radius 2 is 1.66 bits per heavy atom. The second-order valence-corrected chi connectivity index (χ2v) is 10.1. The summed E-state index contributed by atoms with van der Waals surface area (Å²) in [5, 5.41) is 0.435. The summed E-state index contributed by atoms with van der Waals surface area (Å²) >= 11 is 1.33. The molecule has 4 aromatic rings. The summed E-state index contributed by atoms with van der Waals surface area (Å²) in [6.45, 7) is 2.60. The van der Waals surface area contributed by atoms with Crippen LogP contribution in [0.4, 0.5) is 5.13 Å². The summed E-state index contributed by atoms with van der Waals surface area (Å²) in [5.41, 5.74) is 1.54. The van der Waals surface area contributed by atoms with E-state index >= 15 is 0 Å². The van der Waals surface area contributed by atoms with E-state index in [-0.39, 0.29) is 11.4 Å². The number of para-hydroxylation sites is 1. The molecule has 3 aromatic carbocycles. The van der Waals surface area contributed by atoms with Crippen LogP contribution in [0.25, 0.3) is 10.2 Å². The zero-order valence-corrected chi connectivity index (χ0v) is 19.1. The van der Waals surface area contributed by atoms with Crippen molar-refractivity contribution in [1.29, 1.82) is 0 Å². The number of hydrogen-bond donors (Lipinski definition) is 0. The number of nitrogens with zero attached hydrogens (tertiary/aromatic N) is 2. The highest BCUT2D eigenvalue weighted by Crippen LogP contribution is 2.35. The van der Waals surface area contributed by atoms with Crippen LogP contribution in [0.2, 0.25) is 0 Å². The third kappa shape index (κ3) is 4.81. The molecule has 4 rings (SSSR count). The summed E-state index contributed by atoms with van der Waals surface area (Å²) in [4.78, 5) is 19.5. The first-order valence-corrected chi connectivity index (χ1v) is 12.6. The van der Waals surface area contributed by atoms with Gasteiger partial charge in [-0.25, -0.2) is 13.4 Å². The van der Waals surface area contributed by atoms with Gasteiger partial charge in [-0.2, -0.15) is 0 Å². The molecular weight excluding hydrogens is 444 g/mol. The molecule has 0 saturated heterocycles. The first-order chi connectivity index (χ1) is 15.5. The van der Waals surface area contributed by atoms with Crippen LogP contribution < -0.4 is 9.64 Å². The number of carbonyl (C=O) groups excluding carboxylic acids is 1. The van der Waals surface area contributed by atoms with Crippen LogP contribution in [0, 0.1) is 0 Å². The predicted octanol–water partition coefficient (Wildman–Crippen LogP) is 4.70. The van der Waals surface area contributed by atoms with E-state index < -0.39 is 21.5 Å². The topological polar surface area (TPSA) is 76.6 Å². The second kappa shape index (κ2) is 9.50. The lowest BCUT2D eigenvalue weighted by Crippen LogP contribution is -2.35. The van der Waals surface area contributed by atoms with Gasteiger partial charge < -0.3 is 4.74 Å². The number of fused-ring (bicyclic) bond motifs is 1. The van der Waals surface area contributed by atoms with Crippen molar-refractivity contribution in [3.05, 3.63) is 84.4 Å². The fraction of sp³-hybridized carbons (Fsp3) is 0.167. The summed E-state index contributed by atoms with van der Waals surface area (Å²) in [5.74, 6) is -0.538. The smallest absolute Gasteiger partial charge is 0.244 e. The van der Waals surface area contributed by atoms with Crippen LogP contribution in [0.15, 0.2) is 83.8 Å². The number of anilines is 1. The fourth-order valence-electron chi connectivity index (χ4n) is 3.28. The maximum atomic E-state index is 13.3. The summed E-state index contributed by atoms with van der Waals surface area (Å²) in [7, 11) is -3.79. The first kappa shape index (κ1) is 22.0. The molecule has 1 heterocycles. The fourth-order valence-corrected chi connectivity index (χ4v) is 5.50. The van der Waals surface area contributed by atoms with E-state index in [1.54, 1.807) is 18.2 Å². The van der Waals surface area contributed by atoms with Gasteiger partial charge in [0.1, 0.15) is 17.0 Å². The van der Waals surface area contributed by atoms with Crippen molar-refractivity contribution in [3.8, 4) is 5.75 Å². The molecule has 0 aliphatic heterocycles. The number of hydrogen-bond acceptors (Lipinski definition) is 6. The molecule has 0 saturated carbocycles. The van der Waals surface area contributed by atoms with Crippen molar-refractivity contribution in [2.45, 2.75) is 18.4 Å². The van der Waals surface area contributed by atoms with E-state index in [1.165, 1.54) is 28.4 Å². The zero-order valence-electron chi connectivity index (χ0n) is 17.5. The Kier molecular flexibility index (Phi) is 6.53. The van der Waals surface area contributed by atoms with Crippen LogP contribution in [0.5, 0.6) is 5.75 Å². The highest BCUT2D eigenvalue weighted by Gasteiger charge is 2.27. The molecule has 0 atom stereocenters. The molecule has 0 aliphatic carbocycles. The number of rotatable bonds is 8. The minimum absolute atomic E-state index is 0.121. The Bertz CT molecular complexity index is 1320. The first-order valence-electron chi connectivity index (χ1n) is 10.1. The van der Waals surface area contributed by atoms with E-state index in [0.29, 0.717) is 23.0 Å². The van der Waals surface area contributed by atoms with Crippen molar-refractivity contribution in [3.63, 3.8) is 0 Å². The highest BCUT2D eigenvalue weighted by molar-refractivity contribution is 7.92. The average molecular weight is 467 g/mol. The highest BCUT2D eigenvalue weighted by atomic mass is 32.2. The van der Waals surface area contributed by atoms with Crippen molar-refractivity contribution >= 4 is 42.4 Å². The van der Waals surface area contributed by atoms with Crippen LogP contribution >= 0.6 is 11.3 Å². The lowest BCUT2D eigenvalue weighted by molar-refractivity contribution is -0.116. The molecule has 164 valence electrons. The van der Waals surface area contributed by atoms with Gasteiger partial charge in [0.15, 0.2) is 15.0 Å². The third-order valence-electron chi connectivity index (χ3n) is 4.80. The number of amides is 1. The number of carbonyl (C=O) groups is 1. The number of benzene rings is 3. The Balaban J connectivity index is 1.71. The second-order valence-electron chi connectivity index (χ2n) is 7.07. The average Bonchev–Trinajstić information content (AvgIpc) is 3.23. The van der Waals surface area contributed by atoms with Crippen molar-refractivity contribution in [1.82, 2.24) is 4.98 Å². The summed E-state index contributed by atoms with van der Waals surface area (Å²) < 4.78 is 32.3. The molecule has 32 heavy (non-hydrogen) atoms. The molecule has 0 fully saturated rings. The maximum absolute atomic E-state index is 13.3. The molecule has 0 radical (unpaired) electrons. The van der Waals surface area contributed by atoms with Gasteiger partial charge in [-0.3, -0.25) is 9.69 Å². The Morgan fingerprint density at radius 1 is 0.969 bits per heavy atom. The van der Waals surface area contributed by atoms with Crippen LogP contribution in [-0.2, 0) is 21.2 Å². The van der Waals surface area contributed by atoms with Gasteiger partial charge in [0.2, 0.25) is 5.91 Å². The van der Waals surface area contributed by atoms with Gasteiger partial charge in [0.05, 0.1) is 22.7 Å². The van der Waals surface area contributed by atoms with Crippen LogP contribution in [-0.4, -0.2) is 31.7 Å². The van der Waals surface area contributed by atoms with Crippen molar-refractivity contribution < 1.29 is 17.9 Å². The van der Waals surface area contributed by atoms with Gasteiger partial charge in [-0.05, 0) is 36.8 Å². The Morgan fingerprint density at radius 3 is 2.34 bits per heavy atom. The number of thiazole rings is 1. The molecule has 1 aromatic heterocycles. The van der Waals surface area contributed by atoms with Gasteiger partial charge in [0, 0.05) is 0 Å². The van der Waals surface area contributed by atoms with E-state index in [9.17, 15) is 13.2 Å². The normalized spacial score (nSPS) is 11.4. The molecule has 0 bridgehead atoms. The molecule has 6 nitrogen and oxygen atoms in total. The van der Waals surface area contributed by atoms with Crippen molar-refractivity contribution in [2.75, 3.05) is 17.3 Å². The molecule has 0 unspecified atom stereocenters. The zero-order chi connectivity index (χ0) is 22.6. The van der Waals surface area contributed by atoms with E-state index in [4.69, 9.17) is 4.74 Å². The summed E-state index contributed by atoms with van der Waals surface area (Å²) in [6.07, 6.45) is 0. The third-order valence-corrected chi connectivity index (χ3v) is 7.46. The quantitative estimate of drug-likeness (QED) is 0.376. The van der Waals surface area contributed by atoms with E-state index in [0.717, 1.165) is 10.3 Å². The molecule has 0 aliphatic rings. The SMILES string of the molecule is CCOc1cccc2sc(N(Cc3ccccc3)C(=O)CS(=O)(=O)c3ccccc3)nc12. The molecule has 0 spiro atoms. The predicted molar refractivity (Wildman–Crippen MR) is 127 cm³/mol. The van der Waals surface area contributed by atoms with Gasteiger partial charge in [-0.1, -0.05) is 65.9 Å². The van der Waals surface area contributed by atoms with Gasteiger partial charge in [0.25, 0.3) is 0 Å². The van der Waals surface area contributed by atoms with Crippen molar-refractivity contribution in [2.24, 2.45) is 0 Å². The number of ether oxygens (including phenoxy) is 1. The largest absolute Gasteiger partial charge is 0.492 e. The molecule has 8 heteroatoms. The minimum Gasteiger partial charge on any atom is -0.492 e. The van der Waals surface area contributed by atoms with Crippen LogP contribution in [0.1, 0.15) is 12.5 Å². The molecular formula is C24H22N2O4S2. The van der Waals surface area contributed by atoms with Crippen LogP contribution in [0.3, 0.4) is 0 Å². The molecule has 0 N–H and O–H groups in total. The van der Waals surface area contributed by atoms with E-state index in [1.807, 2.05) is 55.5 Å². The van der Waals surface area contributed by atoms with Gasteiger partial charge in [-0.15, -0.1) is 0 Å². The van der Waals surface area contributed by atoms with Gasteiger partial charge >= 0.3 is 0 Å². The number of sulfone groups is 1. The maximum Gasteiger partial charge on any atom is 0.244 e. The lowest BCUT2D eigenvalue weighted by Gasteiger charge is -2.20. The Hall–Kier alpha value is -3.23. The number of aromatic nitrogens is 1. The van der Waals surface area contributed by atoms with E-state index in [2.05, 4.69) is 4.98 Å². The summed E-state index contributed by atoms with van der Waals surface area (Å²) in [6, 6.07) is 23.1. The molecule has 1 amide bonds. The standard InChI is InChI=1S/C24H22N2O4S2/c1-2-30-20-14-9-15-21-23(20)25-24(31-21)26(16-18-10-5-3-6-11-18)22(27)17-32(28,29)19-12-7-4-8-13-19/h3-15H,2,16-17H2,1H3. The Labute approximate surface area is 191 Å². The minimum atomic E-state index is -3.79. The lowest BCUT2D eigenvalue weighted by atomic mass is 10.2. The monoisotopic (exact) mass is 466 g/mol.